The second kappa shape index (κ2) is 5.87. The van der Waals surface area contributed by atoms with E-state index < -0.39 is 6.04 Å². The molecule has 0 aromatic heterocycles. The second-order valence-corrected chi connectivity index (χ2v) is 6.19. The molecule has 2 fully saturated rings. The van der Waals surface area contributed by atoms with Crippen LogP contribution in [0.2, 0.25) is 0 Å². The maximum atomic E-state index is 12.1. The number of benzene rings is 1. The summed E-state index contributed by atoms with van der Waals surface area (Å²) in [5.41, 5.74) is 0.964. The fourth-order valence-electron chi connectivity index (χ4n) is 2.24. The Morgan fingerprint density at radius 3 is 2.70 bits per heavy atom. The van der Waals surface area contributed by atoms with E-state index in [1.54, 1.807) is 16.7 Å². The highest BCUT2D eigenvalue weighted by molar-refractivity contribution is 7.99. The summed E-state index contributed by atoms with van der Waals surface area (Å²) in [4.78, 5) is 25.9. The molecule has 0 spiro atoms. The van der Waals surface area contributed by atoms with Gasteiger partial charge in [-0.3, -0.25) is 4.79 Å². The lowest BCUT2D eigenvalue weighted by molar-refractivity contribution is -0.154. The van der Waals surface area contributed by atoms with Crippen molar-refractivity contribution < 1.29 is 14.3 Å². The maximum Gasteiger partial charge on any atom is 0.330 e. The summed E-state index contributed by atoms with van der Waals surface area (Å²) in [5.74, 6) is 1.25. The van der Waals surface area contributed by atoms with Crippen LogP contribution in [0.3, 0.4) is 0 Å². The van der Waals surface area contributed by atoms with Crippen LogP contribution in [-0.4, -0.2) is 34.4 Å². The molecule has 20 heavy (non-hydrogen) atoms. The SMILES string of the molecule is O=C(OCc1ccccc1)[C@@H]1CSCN1C(=O)C1CC1. The summed E-state index contributed by atoms with van der Waals surface area (Å²) in [6.07, 6.45) is 1.93. The molecule has 0 radical (unpaired) electrons. The molecule has 0 N–H and O–H groups in total. The van der Waals surface area contributed by atoms with E-state index >= 15 is 0 Å². The van der Waals surface area contributed by atoms with Gasteiger partial charge in [-0.2, -0.15) is 0 Å². The zero-order valence-corrected chi connectivity index (χ0v) is 12.0. The Balaban J connectivity index is 1.57. The Kier molecular flexibility index (Phi) is 3.96. The smallest absolute Gasteiger partial charge is 0.330 e. The number of nitrogens with zero attached hydrogens (tertiary/aromatic N) is 1. The number of esters is 1. The zero-order chi connectivity index (χ0) is 13.9. The lowest BCUT2D eigenvalue weighted by atomic mass is 10.2. The van der Waals surface area contributed by atoms with Gasteiger partial charge in [0, 0.05) is 11.7 Å². The van der Waals surface area contributed by atoms with Crippen LogP contribution >= 0.6 is 11.8 Å². The van der Waals surface area contributed by atoms with Gasteiger partial charge in [0.2, 0.25) is 5.91 Å². The third kappa shape index (κ3) is 2.98. The highest BCUT2D eigenvalue weighted by Gasteiger charge is 2.41. The molecule has 1 saturated carbocycles. The van der Waals surface area contributed by atoms with E-state index in [2.05, 4.69) is 0 Å². The molecule has 1 aliphatic heterocycles. The number of hydrogen-bond acceptors (Lipinski definition) is 4. The van der Waals surface area contributed by atoms with Gasteiger partial charge in [-0.15, -0.1) is 11.8 Å². The first-order valence-electron chi connectivity index (χ1n) is 6.84. The molecule has 1 aliphatic carbocycles. The van der Waals surface area contributed by atoms with Crippen LogP contribution in [0.4, 0.5) is 0 Å². The van der Waals surface area contributed by atoms with Crippen molar-refractivity contribution in [3.05, 3.63) is 35.9 Å². The van der Waals surface area contributed by atoms with E-state index in [0.29, 0.717) is 11.6 Å². The Morgan fingerprint density at radius 1 is 1.25 bits per heavy atom. The second-order valence-electron chi connectivity index (χ2n) is 5.19. The predicted molar refractivity (Wildman–Crippen MR) is 76.9 cm³/mol. The van der Waals surface area contributed by atoms with E-state index in [9.17, 15) is 9.59 Å². The summed E-state index contributed by atoms with van der Waals surface area (Å²) < 4.78 is 5.35. The van der Waals surface area contributed by atoms with Crippen molar-refractivity contribution in [2.45, 2.75) is 25.5 Å². The number of thioether (sulfide) groups is 1. The number of amides is 1. The van der Waals surface area contributed by atoms with Crippen LogP contribution in [-0.2, 0) is 20.9 Å². The largest absolute Gasteiger partial charge is 0.459 e. The van der Waals surface area contributed by atoms with Crippen LogP contribution < -0.4 is 0 Å². The molecule has 106 valence electrons. The molecule has 1 amide bonds. The van der Waals surface area contributed by atoms with Gasteiger partial charge in [0.15, 0.2) is 0 Å². The predicted octanol–water partition coefficient (Wildman–Crippen LogP) is 2.04. The lowest BCUT2D eigenvalue weighted by Gasteiger charge is -2.22. The van der Waals surface area contributed by atoms with Gasteiger partial charge in [0.05, 0.1) is 5.88 Å². The van der Waals surface area contributed by atoms with Gasteiger partial charge in [0.1, 0.15) is 12.6 Å². The number of ether oxygens (including phenoxy) is 1. The van der Waals surface area contributed by atoms with Crippen LogP contribution in [0.15, 0.2) is 30.3 Å². The van der Waals surface area contributed by atoms with Crippen molar-refractivity contribution in [2.75, 3.05) is 11.6 Å². The Labute approximate surface area is 122 Å². The van der Waals surface area contributed by atoms with Crippen LogP contribution in [0.5, 0.6) is 0 Å². The van der Waals surface area contributed by atoms with E-state index in [1.165, 1.54) is 0 Å². The molecular formula is C15H17NO3S. The molecule has 5 heteroatoms. The third-order valence-corrected chi connectivity index (χ3v) is 4.60. The molecule has 2 aliphatic rings. The number of rotatable bonds is 4. The van der Waals surface area contributed by atoms with Crippen molar-refractivity contribution in [2.24, 2.45) is 5.92 Å². The average molecular weight is 291 g/mol. The molecule has 3 rings (SSSR count). The van der Waals surface area contributed by atoms with Crippen molar-refractivity contribution in [3.8, 4) is 0 Å². The lowest BCUT2D eigenvalue weighted by Crippen LogP contribution is -2.43. The maximum absolute atomic E-state index is 12.1. The average Bonchev–Trinajstić information content (AvgIpc) is 3.22. The summed E-state index contributed by atoms with van der Waals surface area (Å²) in [7, 11) is 0. The summed E-state index contributed by atoms with van der Waals surface area (Å²) in [6.45, 7) is 0.270. The minimum absolute atomic E-state index is 0.122. The highest BCUT2D eigenvalue weighted by atomic mass is 32.2. The minimum atomic E-state index is -0.406. The first kappa shape index (κ1) is 13.5. The molecule has 4 nitrogen and oxygen atoms in total. The van der Waals surface area contributed by atoms with E-state index in [-0.39, 0.29) is 24.4 Å². The van der Waals surface area contributed by atoms with Crippen molar-refractivity contribution in [1.29, 1.82) is 0 Å². The molecule has 1 heterocycles. The monoisotopic (exact) mass is 291 g/mol. The molecule has 1 atom stereocenters. The molecular weight excluding hydrogens is 274 g/mol. The third-order valence-electron chi connectivity index (χ3n) is 3.59. The first-order chi connectivity index (χ1) is 9.75. The van der Waals surface area contributed by atoms with Crippen LogP contribution in [0.25, 0.3) is 0 Å². The topological polar surface area (TPSA) is 46.6 Å². The molecule has 1 saturated heterocycles. The van der Waals surface area contributed by atoms with Gasteiger partial charge in [0.25, 0.3) is 0 Å². The molecule has 1 aromatic rings. The summed E-state index contributed by atoms with van der Waals surface area (Å²) in [5, 5.41) is 0. The van der Waals surface area contributed by atoms with Gasteiger partial charge in [-0.05, 0) is 18.4 Å². The van der Waals surface area contributed by atoms with Crippen molar-refractivity contribution in [1.82, 2.24) is 4.90 Å². The van der Waals surface area contributed by atoms with E-state index in [4.69, 9.17) is 4.74 Å². The number of hydrogen-bond donors (Lipinski definition) is 0. The van der Waals surface area contributed by atoms with Crippen LogP contribution in [0, 0.1) is 5.92 Å². The van der Waals surface area contributed by atoms with Gasteiger partial charge >= 0.3 is 5.97 Å². The Bertz CT molecular complexity index is 501. The number of carbonyl (C=O) groups excluding carboxylic acids is 2. The van der Waals surface area contributed by atoms with Crippen molar-refractivity contribution >= 4 is 23.6 Å². The molecule has 1 aromatic carbocycles. The zero-order valence-electron chi connectivity index (χ0n) is 11.2. The highest BCUT2D eigenvalue weighted by Crippen LogP contribution is 2.34. The van der Waals surface area contributed by atoms with Crippen LogP contribution in [0.1, 0.15) is 18.4 Å². The van der Waals surface area contributed by atoms with E-state index in [1.807, 2.05) is 30.3 Å². The van der Waals surface area contributed by atoms with Gasteiger partial charge < -0.3 is 9.64 Å². The summed E-state index contributed by atoms with van der Waals surface area (Å²) >= 11 is 1.62. The Hall–Kier alpha value is -1.49. The minimum Gasteiger partial charge on any atom is -0.459 e. The molecule has 0 bridgehead atoms. The van der Waals surface area contributed by atoms with Crippen molar-refractivity contribution in [3.63, 3.8) is 0 Å². The Morgan fingerprint density at radius 2 is 2.00 bits per heavy atom. The first-order valence-corrected chi connectivity index (χ1v) is 8.00. The summed E-state index contributed by atoms with van der Waals surface area (Å²) in [6, 6.07) is 9.19. The quantitative estimate of drug-likeness (QED) is 0.797. The molecule has 0 unspecified atom stereocenters. The normalized spacial score (nSPS) is 21.8. The standard InChI is InChI=1S/C15H17NO3S/c17-14(12-6-7-12)16-10-20-9-13(16)15(18)19-8-11-4-2-1-3-5-11/h1-5,12-13H,6-10H2/t13-/m0/s1. The van der Waals surface area contributed by atoms with Gasteiger partial charge in [-0.1, -0.05) is 30.3 Å². The number of carbonyl (C=O) groups is 2. The van der Waals surface area contributed by atoms with E-state index in [0.717, 1.165) is 18.4 Å². The van der Waals surface area contributed by atoms with Gasteiger partial charge in [-0.25, -0.2) is 4.79 Å². The fraction of sp³-hybridized carbons (Fsp3) is 0.467. The fourth-order valence-corrected chi connectivity index (χ4v) is 3.39.